The van der Waals surface area contributed by atoms with Crippen molar-refractivity contribution in [2.45, 2.75) is 52.2 Å². The van der Waals surface area contributed by atoms with Crippen LogP contribution in [0.3, 0.4) is 0 Å². The SMILES string of the molecule is CCC(C)CN(CC)C1(CN)CCOC1C. The van der Waals surface area contributed by atoms with Crippen molar-refractivity contribution in [1.82, 2.24) is 4.90 Å². The highest BCUT2D eigenvalue weighted by Crippen LogP contribution is 2.32. The van der Waals surface area contributed by atoms with Gasteiger partial charge in [0.05, 0.1) is 11.6 Å². The fourth-order valence-electron chi connectivity index (χ4n) is 2.71. The number of ether oxygens (including phenoxy) is 1. The molecule has 2 N–H and O–H groups in total. The molecule has 0 aromatic heterocycles. The van der Waals surface area contributed by atoms with Crippen LogP contribution >= 0.6 is 0 Å². The second kappa shape index (κ2) is 5.99. The molecule has 96 valence electrons. The average Bonchev–Trinajstić information content (AvgIpc) is 2.68. The molecule has 0 aliphatic carbocycles. The molecule has 0 saturated carbocycles. The van der Waals surface area contributed by atoms with Gasteiger partial charge < -0.3 is 10.5 Å². The summed E-state index contributed by atoms with van der Waals surface area (Å²) in [5.41, 5.74) is 6.11. The van der Waals surface area contributed by atoms with E-state index in [0.29, 0.717) is 6.54 Å². The van der Waals surface area contributed by atoms with Crippen molar-refractivity contribution in [1.29, 1.82) is 0 Å². The third-order valence-corrected chi connectivity index (χ3v) is 4.25. The van der Waals surface area contributed by atoms with Gasteiger partial charge in [0.1, 0.15) is 0 Å². The first-order valence-electron chi connectivity index (χ1n) is 6.67. The molecule has 0 aromatic carbocycles. The number of nitrogens with two attached hydrogens (primary N) is 1. The standard InChI is InChI=1S/C13H28N2O/c1-5-11(3)9-15(6-2)13(10-14)7-8-16-12(13)4/h11-12H,5-10,14H2,1-4H3. The molecule has 1 heterocycles. The lowest BCUT2D eigenvalue weighted by molar-refractivity contribution is 0.00985. The molecule has 1 aliphatic heterocycles. The monoisotopic (exact) mass is 228 g/mol. The molecule has 3 atom stereocenters. The molecule has 0 amide bonds. The van der Waals surface area contributed by atoms with Crippen LogP contribution in [-0.2, 0) is 4.74 Å². The van der Waals surface area contributed by atoms with Crippen LogP contribution < -0.4 is 5.73 Å². The molecule has 0 radical (unpaired) electrons. The number of hydrogen-bond acceptors (Lipinski definition) is 3. The van der Waals surface area contributed by atoms with Crippen LogP contribution in [0.25, 0.3) is 0 Å². The van der Waals surface area contributed by atoms with Crippen LogP contribution in [0.4, 0.5) is 0 Å². The molecule has 1 aliphatic rings. The minimum Gasteiger partial charge on any atom is -0.376 e. The van der Waals surface area contributed by atoms with E-state index in [1.54, 1.807) is 0 Å². The summed E-state index contributed by atoms with van der Waals surface area (Å²) in [7, 11) is 0. The van der Waals surface area contributed by atoms with Gasteiger partial charge in [-0.05, 0) is 25.8 Å². The fraction of sp³-hybridized carbons (Fsp3) is 1.00. The largest absolute Gasteiger partial charge is 0.376 e. The Labute approximate surface area is 100 Å². The van der Waals surface area contributed by atoms with E-state index in [2.05, 4.69) is 32.6 Å². The molecule has 0 spiro atoms. The van der Waals surface area contributed by atoms with E-state index >= 15 is 0 Å². The van der Waals surface area contributed by atoms with Crippen LogP contribution in [0, 0.1) is 5.92 Å². The Bertz CT molecular complexity index is 210. The minimum atomic E-state index is 0.0815. The zero-order chi connectivity index (χ0) is 12.2. The minimum absolute atomic E-state index is 0.0815. The van der Waals surface area contributed by atoms with E-state index in [-0.39, 0.29) is 11.6 Å². The van der Waals surface area contributed by atoms with Crippen molar-refractivity contribution < 1.29 is 4.74 Å². The van der Waals surface area contributed by atoms with E-state index in [0.717, 1.165) is 32.0 Å². The highest BCUT2D eigenvalue weighted by Gasteiger charge is 2.44. The molecule has 1 fully saturated rings. The lowest BCUT2D eigenvalue weighted by atomic mass is 9.88. The maximum atomic E-state index is 6.03. The van der Waals surface area contributed by atoms with Gasteiger partial charge in [-0.15, -0.1) is 0 Å². The Kier molecular flexibility index (Phi) is 5.22. The van der Waals surface area contributed by atoms with Gasteiger partial charge in [0.25, 0.3) is 0 Å². The molecular weight excluding hydrogens is 200 g/mol. The quantitative estimate of drug-likeness (QED) is 0.754. The van der Waals surface area contributed by atoms with Crippen molar-refractivity contribution in [2.24, 2.45) is 11.7 Å². The topological polar surface area (TPSA) is 38.5 Å². The highest BCUT2D eigenvalue weighted by molar-refractivity contribution is 5.00. The zero-order valence-electron chi connectivity index (χ0n) is 11.3. The first-order valence-corrected chi connectivity index (χ1v) is 6.67. The highest BCUT2D eigenvalue weighted by atomic mass is 16.5. The van der Waals surface area contributed by atoms with E-state index in [1.165, 1.54) is 6.42 Å². The average molecular weight is 228 g/mol. The summed E-state index contributed by atoms with van der Waals surface area (Å²) in [4.78, 5) is 2.54. The molecular formula is C13H28N2O. The smallest absolute Gasteiger partial charge is 0.0743 e. The van der Waals surface area contributed by atoms with Crippen molar-refractivity contribution in [3.8, 4) is 0 Å². The number of likely N-dealkylation sites (N-methyl/N-ethyl adjacent to an activating group) is 1. The summed E-state index contributed by atoms with van der Waals surface area (Å²) < 4.78 is 5.74. The first-order chi connectivity index (χ1) is 7.60. The summed E-state index contributed by atoms with van der Waals surface area (Å²) in [6.45, 7) is 12.7. The van der Waals surface area contributed by atoms with Gasteiger partial charge in [-0.3, -0.25) is 4.90 Å². The Morgan fingerprint density at radius 2 is 2.19 bits per heavy atom. The molecule has 1 rings (SSSR count). The Hall–Kier alpha value is -0.120. The lowest BCUT2D eigenvalue weighted by Crippen LogP contribution is -2.59. The van der Waals surface area contributed by atoms with Crippen molar-refractivity contribution in [3.05, 3.63) is 0 Å². The van der Waals surface area contributed by atoms with Gasteiger partial charge in [0.2, 0.25) is 0 Å². The van der Waals surface area contributed by atoms with E-state index in [4.69, 9.17) is 10.5 Å². The third kappa shape index (κ3) is 2.58. The van der Waals surface area contributed by atoms with E-state index in [1.807, 2.05) is 0 Å². The van der Waals surface area contributed by atoms with Gasteiger partial charge >= 0.3 is 0 Å². The van der Waals surface area contributed by atoms with Crippen LogP contribution in [0.5, 0.6) is 0 Å². The molecule has 1 saturated heterocycles. The van der Waals surface area contributed by atoms with Gasteiger partial charge in [-0.2, -0.15) is 0 Å². The predicted molar refractivity (Wildman–Crippen MR) is 68.5 cm³/mol. The Morgan fingerprint density at radius 3 is 2.56 bits per heavy atom. The first kappa shape index (κ1) is 13.9. The summed E-state index contributed by atoms with van der Waals surface area (Å²) >= 11 is 0. The summed E-state index contributed by atoms with van der Waals surface area (Å²) in [5, 5.41) is 0. The molecule has 16 heavy (non-hydrogen) atoms. The van der Waals surface area contributed by atoms with E-state index in [9.17, 15) is 0 Å². The second-order valence-electron chi connectivity index (χ2n) is 5.12. The number of hydrogen-bond donors (Lipinski definition) is 1. The lowest BCUT2D eigenvalue weighted by Gasteiger charge is -2.43. The van der Waals surface area contributed by atoms with Gasteiger partial charge in [0, 0.05) is 19.7 Å². The number of rotatable bonds is 6. The van der Waals surface area contributed by atoms with Crippen molar-refractivity contribution >= 4 is 0 Å². The van der Waals surface area contributed by atoms with Crippen LogP contribution in [0.15, 0.2) is 0 Å². The molecule has 0 aromatic rings. The van der Waals surface area contributed by atoms with Gasteiger partial charge in [-0.1, -0.05) is 27.2 Å². The van der Waals surface area contributed by atoms with Crippen molar-refractivity contribution in [3.63, 3.8) is 0 Å². The second-order valence-corrected chi connectivity index (χ2v) is 5.12. The van der Waals surface area contributed by atoms with Crippen LogP contribution in [0.1, 0.15) is 40.5 Å². The summed E-state index contributed by atoms with van der Waals surface area (Å²) in [6, 6.07) is 0. The predicted octanol–water partition coefficient (Wildman–Crippen LogP) is 1.86. The van der Waals surface area contributed by atoms with Gasteiger partial charge in [-0.25, -0.2) is 0 Å². The molecule has 3 heteroatoms. The Morgan fingerprint density at radius 1 is 1.50 bits per heavy atom. The zero-order valence-corrected chi connectivity index (χ0v) is 11.3. The van der Waals surface area contributed by atoms with Gasteiger partial charge in [0.15, 0.2) is 0 Å². The van der Waals surface area contributed by atoms with E-state index < -0.39 is 0 Å². The van der Waals surface area contributed by atoms with Crippen LogP contribution in [-0.4, -0.2) is 42.8 Å². The molecule has 3 nitrogen and oxygen atoms in total. The maximum Gasteiger partial charge on any atom is 0.0743 e. The summed E-state index contributed by atoms with van der Waals surface area (Å²) in [6.07, 6.45) is 2.57. The normalized spacial score (nSPS) is 32.2. The Balaban J connectivity index is 2.75. The fourth-order valence-corrected chi connectivity index (χ4v) is 2.71. The maximum absolute atomic E-state index is 6.03. The summed E-state index contributed by atoms with van der Waals surface area (Å²) in [5.74, 6) is 0.733. The molecule has 3 unspecified atom stereocenters. The number of nitrogens with zero attached hydrogens (tertiary/aromatic N) is 1. The van der Waals surface area contributed by atoms with Crippen molar-refractivity contribution in [2.75, 3.05) is 26.2 Å². The van der Waals surface area contributed by atoms with Crippen LogP contribution in [0.2, 0.25) is 0 Å². The third-order valence-electron chi connectivity index (χ3n) is 4.25. The molecule has 0 bridgehead atoms.